The molecule has 0 saturated carbocycles. The number of anilines is 1. The van der Waals surface area contributed by atoms with Crippen LogP contribution >= 0.6 is 23.4 Å². The number of hydrogen-bond acceptors (Lipinski definition) is 8. The molecule has 0 fully saturated rings. The van der Waals surface area contributed by atoms with E-state index in [1.54, 1.807) is 29.9 Å². The predicted octanol–water partition coefficient (Wildman–Crippen LogP) is 7.40. The number of hydrogen-bond donors (Lipinski definition) is 1. The number of aromatic nitrogens is 4. The molecule has 1 N–H and O–H groups in total. The number of allylic oxidation sites excluding steroid dienone is 1. The summed E-state index contributed by atoms with van der Waals surface area (Å²) in [5, 5.41) is 9.21. The molecule has 0 radical (unpaired) electrons. The summed E-state index contributed by atoms with van der Waals surface area (Å²) in [6, 6.07) is 24.9. The zero-order valence-corrected chi connectivity index (χ0v) is 23.9. The Bertz CT molecular complexity index is 1710. The van der Waals surface area contributed by atoms with Gasteiger partial charge in [0.2, 0.25) is 17.0 Å². The van der Waals surface area contributed by atoms with Crippen LogP contribution in [0, 0.1) is 0 Å². The van der Waals surface area contributed by atoms with E-state index in [0.717, 1.165) is 28.0 Å². The topological polar surface area (TPSA) is 95.1 Å². The highest BCUT2D eigenvalue weighted by molar-refractivity contribution is 7.98. The van der Waals surface area contributed by atoms with Gasteiger partial charge in [-0.3, -0.25) is 0 Å². The average Bonchev–Trinajstić information content (AvgIpc) is 3.64. The molecular formula is C31H26ClN5O3S. The maximum absolute atomic E-state index is 13.0. The van der Waals surface area contributed by atoms with Crippen molar-refractivity contribution in [3.05, 3.63) is 112 Å². The highest BCUT2D eigenvalue weighted by atomic mass is 35.5. The highest BCUT2D eigenvalue weighted by Gasteiger charge is 2.35. The van der Waals surface area contributed by atoms with Gasteiger partial charge in [0.1, 0.15) is 6.04 Å². The van der Waals surface area contributed by atoms with Crippen molar-refractivity contribution in [2.24, 2.45) is 0 Å². The fraction of sp³-hybridized carbons (Fsp3) is 0.161. The van der Waals surface area contributed by atoms with Crippen LogP contribution in [-0.2, 0) is 15.3 Å². The van der Waals surface area contributed by atoms with Gasteiger partial charge in [0, 0.05) is 27.6 Å². The largest absolute Gasteiger partial charge is 0.463 e. The molecule has 41 heavy (non-hydrogen) atoms. The Morgan fingerprint density at radius 3 is 2.54 bits per heavy atom. The lowest BCUT2D eigenvalue weighted by Gasteiger charge is -2.28. The van der Waals surface area contributed by atoms with Gasteiger partial charge in [-0.25, -0.2) is 14.5 Å². The number of halogens is 1. The van der Waals surface area contributed by atoms with Gasteiger partial charge in [-0.1, -0.05) is 78.0 Å². The third kappa shape index (κ3) is 5.64. The fourth-order valence-corrected chi connectivity index (χ4v) is 5.56. The van der Waals surface area contributed by atoms with Crippen molar-refractivity contribution in [3.63, 3.8) is 0 Å². The van der Waals surface area contributed by atoms with E-state index in [2.05, 4.69) is 10.3 Å². The molecule has 0 saturated heterocycles. The minimum atomic E-state index is -0.495. The summed E-state index contributed by atoms with van der Waals surface area (Å²) in [5.74, 6) is 2.14. The third-order valence-corrected chi connectivity index (χ3v) is 7.81. The lowest BCUT2D eigenvalue weighted by Crippen LogP contribution is -2.29. The number of rotatable bonds is 8. The van der Waals surface area contributed by atoms with E-state index in [0.29, 0.717) is 39.0 Å². The van der Waals surface area contributed by atoms with Gasteiger partial charge in [0.25, 0.3) is 0 Å². The van der Waals surface area contributed by atoms with Gasteiger partial charge in [0.15, 0.2) is 5.76 Å². The zero-order chi connectivity index (χ0) is 28.3. The Kier molecular flexibility index (Phi) is 7.63. The van der Waals surface area contributed by atoms with E-state index >= 15 is 0 Å². The number of benzene rings is 3. The van der Waals surface area contributed by atoms with E-state index in [1.165, 1.54) is 11.8 Å². The van der Waals surface area contributed by atoms with E-state index < -0.39 is 12.0 Å². The minimum Gasteiger partial charge on any atom is -0.463 e. The van der Waals surface area contributed by atoms with Gasteiger partial charge >= 0.3 is 5.97 Å². The Morgan fingerprint density at radius 2 is 1.80 bits per heavy atom. The molecule has 6 rings (SSSR count). The van der Waals surface area contributed by atoms with Crippen molar-refractivity contribution in [2.45, 2.75) is 30.8 Å². The van der Waals surface area contributed by atoms with Gasteiger partial charge in [-0.2, -0.15) is 4.98 Å². The first-order chi connectivity index (χ1) is 20.0. The van der Waals surface area contributed by atoms with Crippen LogP contribution in [0.1, 0.15) is 31.0 Å². The van der Waals surface area contributed by atoms with Gasteiger partial charge < -0.3 is 14.5 Å². The van der Waals surface area contributed by atoms with Crippen molar-refractivity contribution in [1.29, 1.82) is 0 Å². The Hall–Kier alpha value is -4.34. The summed E-state index contributed by atoms with van der Waals surface area (Å²) in [4.78, 5) is 22.1. The Balaban J connectivity index is 1.20. The molecule has 0 unspecified atom stereocenters. The van der Waals surface area contributed by atoms with Gasteiger partial charge in [-0.15, -0.1) is 5.10 Å². The molecule has 1 aliphatic rings. The van der Waals surface area contributed by atoms with Crippen LogP contribution in [0.4, 0.5) is 5.95 Å². The highest BCUT2D eigenvalue weighted by Crippen LogP contribution is 2.37. The second-order valence-corrected chi connectivity index (χ2v) is 10.8. The number of oxazole rings is 1. The summed E-state index contributed by atoms with van der Waals surface area (Å²) in [7, 11) is 0. The second-order valence-electron chi connectivity index (χ2n) is 9.38. The summed E-state index contributed by atoms with van der Waals surface area (Å²) >= 11 is 7.65. The third-order valence-electron chi connectivity index (χ3n) is 6.65. The van der Waals surface area contributed by atoms with Crippen LogP contribution in [0.3, 0.4) is 0 Å². The second kappa shape index (κ2) is 11.6. The zero-order valence-electron chi connectivity index (χ0n) is 22.4. The molecule has 5 aromatic rings. The van der Waals surface area contributed by atoms with E-state index in [4.69, 9.17) is 30.8 Å². The standard InChI is InChI=1S/C31H26ClN5O3S/c1-3-39-29(38)26-19(2)34-30-35-31(36-37(30)27(26)22-13-15-24(32)16-14-22)41-18-20-9-11-23(12-10-20)28-33-17-25(40-28)21-7-5-4-6-8-21/h4-17,27H,3,18H2,1-2H3,(H,34,35,36)/t27-/m0/s1. The van der Waals surface area contributed by atoms with E-state index in [1.807, 2.05) is 73.7 Å². The number of carbonyl (C=O) groups excluding carboxylic acids is 1. The summed E-state index contributed by atoms with van der Waals surface area (Å²) in [6.07, 6.45) is 1.75. The van der Waals surface area contributed by atoms with Crippen molar-refractivity contribution in [2.75, 3.05) is 11.9 Å². The van der Waals surface area contributed by atoms with Crippen molar-refractivity contribution >= 4 is 35.3 Å². The number of carbonyl (C=O) groups is 1. The van der Waals surface area contributed by atoms with Crippen LogP contribution < -0.4 is 5.32 Å². The first kappa shape index (κ1) is 26.9. The summed E-state index contributed by atoms with van der Waals surface area (Å²) in [6.45, 7) is 3.91. The molecule has 0 bridgehead atoms. The Labute approximate surface area is 246 Å². The molecule has 1 aliphatic heterocycles. The maximum Gasteiger partial charge on any atom is 0.338 e. The van der Waals surface area contributed by atoms with Crippen LogP contribution in [-0.4, -0.2) is 32.3 Å². The lowest BCUT2D eigenvalue weighted by atomic mass is 9.96. The molecule has 3 heterocycles. The van der Waals surface area contributed by atoms with Crippen LogP contribution in [0.2, 0.25) is 5.02 Å². The first-order valence-electron chi connectivity index (χ1n) is 13.1. The molecule has 10 heteroatoms. The van der Waals surface area contributed by atoms with Crippen molar-refractivity contribution in [1.82, 2.24) is 19.7 Å². The quantitative estimate of drug-likeness (QED) is 0.149. The molecule has 2 aromatic heterocycles. The average molecular weight is 584 g/mol. The number of ether oxygens (including phenoxy) is 1. The number of thioether (sulfide) groups is 1. The normalized spacial score (nSPS) is 14.5. The maximum atomic E-state index is 13.0. The molecular weight excluding hydrogens is 558 g/mol. The van der Waals surface area contributed by atoms with E-state index in [-0.39, 0.29) is 6.61 Å². The van der Waals surface area contributed by atoms with Crippen LogP contribution in [0.5, 0.6) is 0 Å². The van der Waals surface area contributed by atoms with Crippen molar-refractivity contribution in [3.8, 4) is 22.8 Å². The lowest BCUT2D eigenvalue weighted by molar-refractivity contribution is -0.139. The van der Waals surface area contributed by atoms with E-state index in [9.17, 15) is 4.79 Å². The molecule has 8 nitrogen and oxygen atoms in total. The first-order valence-corrected chi connectivity index (χ1v) is 14.5. The molecule has 0 spiro atoms. The molecule has 0 amide bonds. The number of nitrogens with zero attached hydrogens (tertiary/aromatic N) is 4. The van der Waals surface area contributed by atoms with Gasteiger partial charge in [0.05, 0.1) is 18.4 Å². The number of esters is 1. The summed E-state index contributed by atoms with van der Waals surface area (Å²) < 4.78 is 13.1. The Morgan fingerprint density at radius 1 is 1.05 bits per heavy atom. The molecule has 206 valence electrons. The fourth-order valence-electron chi connectivity index (χ4n) is 4.65. The molecule has 3 aromatic carbocycles. The molecule has 1 atom stereocenters. The van der Waals surface area contributed by atoms with Gasteiger partial charge in [-0.05, 0) is 49.2 Å². The monoisotopic (exact) mass is 583 g/mol. The SMILES string of the molecule is CCOC(=O)C1=C(C)Nc2nc(SCc3ccc(-c4ncc(-c5ccccc5)o4)cc3)nn2[C@H]1c1ccc(Cl)cc1. The minimum absolute atomic E-state index is 0.275. The van der Waals surface area contributed by atoms with Crippen LogP contribution in [0.25, 0.3) is 22.8 Å². The predicted molar refractivity (Wildman–Crippen MR) is 160 cm³/mol. The van der Waals surface area contributed by atoms with Crippen LogP contribution in [0.15, 0.2) is 106 Å². The number of nitrogens with one attached hydrogen (secondary N) is 1. The number of fused-ring (bicyclic) bond motifs is 1. The smallest absolute Gasteiger partial charge is 0.338 e. The molecule has 0 aliphatic carbocycles. The van der Waals surface area contributed by atoms with Crippen molar-refractivity contribution < 1.29 is 13.9 Å². The summed E-state index contributed by atoms with van der Waals surface area (Å²) in [5.41, 5.74) is 5.02.